The summed E-state index contributed by atoms with van der Waals surface area (Å²) in [6, 6.07) is 5.58. The summed E-state index contributed by atoms with van der Waals surface area (Å²) in [5.41, 5.74) is 0.162. The number of carbonyl (C=O) groups excluding carboxylic acids is 1. The molecule has 1 N–H and O–H groups in total. The van der Waals surface area contributed by atoms with Gasteiger partial charge in [-0.05, 0) is 37.5 Å². The highest BCUT2D eigenvalue weighted by Crippen LogP contribution is 2.31. The van der Waals surface area contributed by atoms with E-state index in [-0.39, 0.29) is 12.5 Å². The molecule has 1 fully saturated rings. The first-order valence-corrected chi connectivity index (χ1v) is 7.61. The van der Waals surface area contributed by atoms with Crippen LogP contribution in [-0.2, 0) is 16.0 Å². The predicted octanol–water partition coefficient (Wildman–Crippen LogP) is 1.96. The van der Waals surface area contributed by atoms with Crippen molar-refractivity contribution in [3.05, 3.63) is 23.8 Å². The molecule has 1 atom stereocenters. The molecule has 1 aliphatic heterocycles. The van der Waals surface area contributed by atoms with Crippen LogP contribution in [0, 0.1) is 5.41 Å². The Labute approximate surface area is 136 Å². The van der Waals surface area contributed by atoms with E-state index in [4.69, 9.17) is 9.47 Å². The SMILES string of the molecule is COc1ccc(CCC(=O)N2CC[C@@](C)(C(=O)O)C2)cc1OC. The Balaban J connectivity index is 1.94. The van der Waals surface area contributed by atoms with Crippen LogP contribution in [0.15, 0.2) is 18.2 Å². The molecule has 0 unspecified atom stereocenters. The third-order valence-electron chi connectivity index (χ3n) is 4.42. The Morgan fingerprint density at radius 1 is 1.26 bits per heavy atom. The van der Waals surface area contributed by atoms with Gasteiger partial charge in [0, 0.05) is 19.5 Å². The molecular weight excluding hydrogens is 298 g/mol. The molecule has 0 aromatic heterocycles. The van der Waals surface area contributed by atoms with E-state index in [9.17, 15) is 14.7 Å². The van der Waals surface area contributed by atoms with Crippen LogP contribution < -0.4 is 9.47 Å². The van der Waals surface area contributed by atoms with E-state index in [0.29, 0.717) is 37.3 Å². The fraction of sp³-hybridized carbons (Fsp3) is 0.529. The molecule has 1 amide bonds. The van der Waals surface area contributed by atoms with Crippen molar-refractivity contribution < 1.29 is 24.2 Å². The number of ether oxygens (including phenoxy) is 2. The summed E-state index contributed by atoms with van der Waals surface area (Å²) in [6.45, 7) is 2.48. The van der Waals surface area contributed by atoms with Gasteiger partial charge in [-0.1, -0.05) is 6.07 Å². The lowest BCUT2D eigenvalue weighted by Crippen LogP contribution is -2.34. The number of rotatable bonds is 6. The third kappa shape index (κ3) is 3.75. The summed E-state index contributed by atoms with van der Waals surface area (Å²) in [5, 5.41) is 9.22. The molecule has 1 saturated heterocycles. The summed E-state index contributed by atoms with van der Waals surface area (Å²) in [4.78, 5) is 25.2. The number of hydrogen-bond acceptors (Lipinski definition) is 4. The number of carboxylic acids is 1. The maximum Gasteiger partial charge on any atom is 0.311 e. The quantitative estimate of drug-likeness (QED) is 0.867. The Morgan fingerprint density at radius 3 is 2.52 bits per heavy atom. The fourth-order valence-electron chi connectivity index (χ4n) is 2.79. The van der Waals surface area contributed by atoms with Crippen LogP contribution in [0.25, 0.3) is 0 Å². The van der Waals surface area contributed by atoms with Gasteiger partial charge in [0.2, 0.25) is 5.91 Å². The van der Waals surface area contributed by atoms with Crippen molar-refractivity contribution in [3.63, 3.8) is 0 Å². The Morgan fingerprint density at radius 2 is 1.96 bits per heavy atom. The molecular formula is C17H23NO5. The van der Waals surface area contributed by atoms with Crippen molar-refractivity contribution in [2.24, 2.45) is 5.41 Å². The van der Waals surface area contributed by atoms with Crippen LogP contribution >= 0.6 is 0 Å². The summed E-state index contributed by atoms with van der Waals surface area (Å²) in [5.74, 6) is 0.439. The molecule has 0 spiro atoms. The van der Waals surface area contributed by atoms with E-state index in [1.807, 2.05) is 18.2 Å². The monoisotopic (exact) mass is 321 g/mol. The van der Waals surface area contributed by atoms with Gasteiger partial charge in [0.15, 0.2) is 11.5 Å². The van der Waals surface area contributed by atoms with E-state index in [1.54, 1.807) is 26.0 Å². The first kappa shape index (κ1) is 17.1. The smallest absolute Gasteiger partial charge is 0.311 e. The number of methoxy groups -OCH3 is 2. The molecule has 1 heterocycles. The normalized spacial score (nSPS) is 20.4. The Bertz CT molecular complexity index is 601. The van der Waals surface area contributed by atoms with Crippen LogP contribution in [0.5, 0.6) is 11.5 Å². The minimum absolute atomic E-state index is 0.00948. The number of aliphatic carboxylic acids is 1. The lowest BCUT2D eigenvalue weighted by molar-refractivity contribution is -0.147. The molecule has 1 aromatic carbocycles. The second-order valence-electron chi connectivity index (χ2n) is 6.12. The van der Waals surface area contributed by atoms with E-state index >= 15 is 0 Å². The number of aryl methyl sites for hydroxylation is 1. The molecule has 2 rings (SSSR count). The zero-order valence-electron chi connectivity index (χ0n) is 13.8. The van der Waals surface area contributed by atoms with Crippen molar-refractivity contribution in [1.82, 2.24) is 4.90 Å². The predicted molar refractivity (Wildman–Crippen MR) is 84.8 cm³/mol. The highest BCUT2D eigenvalue weighted by Gasteiger charge is 2.41. The zero-order valence-corrected chi connectivity index (χ0v) is 13.8. The number of amides is 1. The number of hydrogen-bond donors (Lipinski definition) is 1. The standard InChI is InChI=1S/C17H23NO5/c1-17(16(20)21)8-9-18(11-17)15(19)7-5-12-4-6-13(22-2)14(10-12)23-3/h4,6,10H,5,7-9,11H2,1-3H3,(H,20,21)/t17-/m1/s1. The van der Waals surface area contributed by atoms with Gasteiger partial charge in [-0.3, -0.25) is 9.59 Å². The molecule has 1 aromatic rings. The molecule has 1 aliphatic rings. The van der Waals surface area contributed by atoms with E-state index < -0.39 is 11.4 Å². The minimum atomic E-state index is -0.840. The third-order valence-corrected chi connectivity index (χ3v) is 4.42. The van der Waals surface area contributed by atoms with Crippen molar-refractivity contribution >= 4 is 11.9 Å². The zero-order chi connectivity index (χ0) is 17.0. The average molecular weight is 321 g/mol. The molecule has 6 heteroatoms. The Kier molecular flexibility index (Phi) is 5.13. The van der Waals surface area contributed by atoms with E-state index in [1.165, 1.54) is 0 Å². The van der Waals surface area contributed by atoms with Gasteiger partial charge in [0.1, 0.15) is 0 Å². The molecule has 0 saturated carbocycles. The van der Waals surface area contributed by atoms with E-state index in [0.717, 1.165) is 5.56 Å². The molecule has 23 heavy (non-hydrogen) atoms. The topological polar surface area (TPSA) is 76.1 Å². The van der Waals surface area contributed by atoms with Gasteiger partial charge >= 0.3 is 5.97 Å². The molecule has 0 aliphatic carbocycles. The summed E-state index contributed by atoms with van der Waals surface area (Å²) >= 11 is 0. The number of carboxylic acid groups (broad SMARTS) is 1. The number of nitrogens with zero attached hydrogens (tertiary/aromatic N) is 1. The molecule has 126 valence electrons. The van der Waals surface area contributed by atoms with Gasteiger partial charge in [0.25, 0.3) is 0 Å². The maximum absolute atomic E-state index is 12.3. The van der Waals surface area contributed by atoms with Crippen molar-refractivity contribution in [1.29, 1.82) is 0 Å². The summed E-state index contributed by atoms with van der Waals surface area (Å²) in [7, 11) is 3.15. The second kappa shape index (κ2) is 6.89. The number of benzene rings is 1. The van der Waals surface area contributed by atoms with Crippen LogP contribution in [0.2, 0.25) is 0 Å². The number of likely N-dealkylation sites (tertiary alicyclic amines) is 1. The van der Waals surface area contributed by atoms with Gasteiger partial charge in [-0.2, -0.15) is 0 Å². The van der Waals surface area contributed by atoms with Crippen LogP contribution in [0.3, 0.4) is 0 Å². The molecule has 0 radical (unpaired) electrons. The van der Waals surface area contributed by atoms with Crippen LogP contribution in [0.4, 0.5) is 0 Å². The maximum atomic E-state index is 12.3. The average Bonchev–Trinajstić information content (AvgIpc) is 2.96. The number of carbonyl (C=O) groups is 2. The van der Waals surface area contributed by atoms with Crippen molar-refractivity contribution in [2.45, 2.75) is 26.2 Å². The minimum Gasteiger partial charge on any atom is -0.493 e. The lowest BCUT2D eigenvalue weighted by atomic mass is 9.90. The highest BCUT2D eigenvalue weighted by atomic mass is 16.5. The van der Waals surface area contributed by atoms with Gasteiger partial charge in [0.05, 0.1) is 19.6 Å². The van der Waals surface area contributed by atoms with Gasteiger partial charge in [-0.15, -0.1) is 0 Å². The van der Waals surface area contributed by atoms with Crippen molar-refractivity contribution in [2.75, 3.05) is 27.3 Å². The first-order chi connectivity index (χ1) is 10.9. The second-order valence-corrected chi connectivity index (χ2v) is 6.12. The first-order valence-electron chi connectivity index (χ1n) is 7.61. The largest absolute Gasteiger partial charge is 0.493 e. The van der Waals surface area contributed by atoms with Gasteiger partial charge in [-0.25, -0.2) is 0 Å². The van der Waals surface area contributed by atoms with E-state index in [2.05, 4.69) is 0 Å². The van der Waals surface area contributed by atoms with Crippen molar-refractivity contribution in [3.8, 4) is 11.5 Å². The molecule has 0 bridgehead atoms. The molecule has 6 nitrogen and oxygen atoms in total. The summed E-state index contributed by atoms with van der Waals surface area (Å²) in [6.07, 6.45) is 1.44. The van der Waals surface area contributed by atoms with Crippen LogP contribution in [0.1, 0.15) is 25.3 Å². The highest BCUT2D eigenvalue weighted by molar-refractivity contribution is 5.80. The fourth-order valence-corrected chi connectivity index (χ4v) is 2.79. The van der Waals surface area contributed by atoms with Gasteiger partial charge < -0.3 is 19.5 Å². The lowest BCUT2D eigenvalue weighted by Gasteiger charge is -2.20. The Hall–Kier alpha value is -2.24. The summed E-state index contributed by atoms with van der Waals surface area (Å²) < 4.78 is 10.4. The van der Waals surface area contributed by atoms with Crippen LogP contribution in [-0.4, -0.2) is 49.2 Å².